The minimum Gasteiger partial charge on any atom is -0.468 e. The summed E-state index contributed by atoms with van der Waals surface area (Å²) in [6.07, 6.45) is 2.16. The average molecular weight is 654 g/mol. The third kappa shape index (κ3) is 14.3. The van der Waals surface area contributed by atoms with Crippen molar-refractivity contribution < 1.29 is 28.7 Å². The number of unbranched alkanes of at least 4 members (excludes halogenated alkanes) is 1. The zero-order valence-corrected chi connectivity index (χ0v) is 27.6. The van der Waals surface area contributed by atoms with Crippen molar-refractivity contribution in [3.8, 4) is 0 Å². The number of nitrogens with one attached hydrogen (secondary N) is 4. The topological polar surface area (TPSA) is 221 Å². The molecule has 2 rings (SSSR count). The second-order valence-electron chi connectivity index (χ2n) is 12.0. The molecule has 0 aromatic heterocycles. The minimum atomic E-state index is -1.07. The number of carbonyl (C=O) groups excluding carboxylic acids is 5. The fraction of sp³-hybridized carbons (Fsp3) is 0.500. The van der Waals surface area contributed by atoms with E-state index in [9.17, 15) is 24.0 Å². The molecule has 0 heterocycles. The van der Waals surface area contributed by atoms with Crippen molar-refractivity contribution in [1.82, 2.24) is 21.3 Å². The summed E-state index contributed by atoms with van der Waals surface area (Å²) in [6, 6.07) is 13.5. The Balaban J connectivity index is 2.22. The van der Waals surface area contributed by atoms with E-state index in [-0.39, 0.29) is 38.1 Å². The van der Waals surface area contributed by atoms with Crippen molar-refractivity contribution in [2.24, 2.45) is 23.1 Å². The molecule has 0 spiro atoms. The smallest absolute Gasteiger partial charge is 0.324 e. The number of amides is 4. The van der Waals surface area contributed by atoms with Gasteiger partial charge in [-0.05, 0) is 55.7 Å². The Bertz CT molecular complexity index is 1280. The van der Waals surface area contributed by atoms with Crippen LogP contribution in [0.5, 0.6) is 0 Å². The molecule has 0 fully saturated rings. The molecule has 2 aromatic rings. The fourth-order valence-electron chi connectivity index (χ4n) is 4.88. The van der Waals surface area contributed by atoms with Crippen molar-refractivity contribution in [2.45, 2.75) is 82.6 Å². The van der Waals surface area contributed by atoms with Gasteiger partial charge in [0, 0.05) is 13.0 Å². The fourth-order valence-corrected chi connectivity index (χ4v) is 4.88. The number of esters is 1. The van der Waals surface area contributed by atoms with E-state index < -0.39 is 59.8 Å². The quantitative estimate of drug-likeness (QED) is 0.0757. The van der Waals surface area contributed by atoms with E-state index in [4.69, 9.17) is 17.2 Å². The zero-order valence-electron chi connectivity index (χ0n) is 27.6. The van der Waals surface area contributed by atoms with Gasteiger partial charge in [-0.15, -0.1) is 0 Å². The number of ether oxygens (including phenoxy) is 1. The Morgan fingerprint density at radius 2 is 1.21 bits per heavy atom. The second kappa shape index (κ2) is 20.7. The molecule has 258 valence electrons. The third-order valence-electron chi connectivity index (χ3n) is 7.47. The lowest BCUT2D eigenvalue weighted by molar-refractivity contribution is -0.142. The van der Waals surface area contributed by atoms with E-state index in [1.54, 1.807) is 0 Å². The van der Waals surface area contributed by atoms with Gasteiger partial charge in [-0.25, -0.2) is 0 Å². The minimum absolute atomic E-state index is 0.00456. The van der Waals surface area contributed by atoms with Gasteiger partial charge in [0.05, 0.1) is 13.2 Å². The summed E-state index contributed by atoms with van der Waals surface area (Å²) in [5.41, 5.74) is 19.3. The van der Waals surface area contributed by atoms with Crippen molar-refractivity contribution in [2.75, 3.05) is 20.2 Å². The predicted octanol–water partition coefficient (Wildman–Crippen LogP) is 0.0451. The van der Waals surface area contributed by atoms with E-state index in [0.29, 0.717) is 19.4 Å². The maximum absolute atomic E-state index is 13.8. The molecule has 0 radical (unpaired) electrons. The van der Waals surface area contributed by atoms with E-state index in [1.807, 2.05) is 74.5 Å². The van der Waals surface area contributed by atoms with Gasteiger partial charge in [-0.1, -0.05) is 74.5 Å². The summed E-state index contributed by atoms with van der Waals surface area (Å²) in [4.78, 5) is 65.3. The van der Waals surface area contributed by atoms with Crippen LogP contribution in [0.4, 0.5) is 0 Å². The summed E-state index contributed by atoms with van der Waals surface area (Å²) in [7, 11) is 1.19. The Hall–Kier alpha value is -4.33. The van der Waals surface area contributed by atoms with E-state index in [0.717, 1.165) is 11.1 Å². The highest BCUT2D eigenvalue weighted by Gasteiger charge is 2.31. The van der Waals surface area contributed by atoms with Crippen molar-refractivity contribution in [1.29, 1.82) is 0 Å². The molecule has 0 saturated carbocycles. The van der Waals surface area contributed by atoms with Gasteiger partial charge < -0.3 is 43.2 Å². The average Bonchev–Trinajstić information content (AvgIpc) is 3.06. The van der Waals surface area contributed by atoms with Crippen LogP contribution in [0.15, 0.2) is 60.7 Å². The highest BCUT2D eigenvalue weighted by molar-refractivity contribution is 5.95. The van der Waals surface area contributed by atoms with Crippen molar-refractivity contribution in [3.05, 3.63) is 71.8 Å². The first-order valence-corrected chi connectivity index (χ1v) is 16.0. The first-order chi connectivity index (χ1) is 22.4. The Labute approximate surface area is 277 Å². The molecule has 0 aliphatic heterocycles. The summed E-state index contributed by atoms with van der Waals surface area (Å²) >= 11 is 0. The lowest BCUT2D eigenvalue weighted by atomic mass is 9.99. The van der Waals surface area contributed by atoms with Crippen LogP contribution in [0, 0.1) is 5.92 Å². The number of carbonyl (C=O) groups is 5. The van der Waals surface area contributed by atoms with Crippen LogP contribution in [-0.4, -0.2) is 80.0 Å². The van der Waals surface area contributed by atoms with E-state index >= 15 is 0 Å². The molecule has 10 N–H and O–H groups in total. The van der Waals surface area contributed by atoms with Crippen LogP contribution in [0.3, 0.4) is 0 Å². The summed E-state index contributed by atoms with van der Waals surface area (Å²) in [5, 5.41) is 10.9. The van der Waals surface area contributed by atoms with Crippen LogP contribution in [-0.2, 0) is 41.6 Å². The second-order valence-corrected chi connectivity index (χ2v) is 12.0. The van der Waals surface area contributed by atoms with Gasteiger partial charge in [0.1, 0.15) is 24.2 Å². The molecule has 5 atom stereocenters. The number of benzene rings is 2. The molecule has 0 aliphatic carbocycles. The van der Waals surface area contributed by atoms with Gasteiger partial charge in [0.25, 0.3) is 0 Å². The maximum atomic E-state index is 13.8. The number of nitrogens with two attached hydrogens (primary N) is 3. The van der Waals surface area contributed by atoms with Gasteiger partial charge >= 0.3 is 5.97 Å². The standard InChI is InChI=1S/C34H51N7O6/c1-22(2)18-28(32(44)39-27(16-10-11-17-35)31(43)38-21-26(37)34(46)47-3)41-33(45)29(20-24-14-8-5-9-15-24)40-30(42)25(36)19-23-12-6-4-7-13-23/h4-9,12-15,22,25-29H,10-11,16-21,35-37H2,1-3H3,(H,38,43)(H,39,44)(H,40,42)(H,41,45)/t25-,26+,27-,28-,29-/m1/s1. The molecule has 13 nitrogen and oxygen atoms in total. The monoisotopic (exact) mass is 653 g/mol. The number of methoxy groups -OCH3 is 1. The molecule has 0 unspecified atom stereocenters. The van der Waals surface area contributed by atoms with Crippen molar-refractivity contribution >= 4 is 29.6 Å². The zero-order chi connectivity index (χ0) is 34.8. The highest BCUT2D eigenvalue weighted by Crippen LogP contribution is 2.10. The lowest BCUT2D eigenvalue weighted by Crippen LogP contribution is -2.59. The normalized spacial score (nSPS) is 14.2. The van der Waals surface area contributed by atoms with Crippen LogP contribution >= 0.6 is 0 Å². The molecular weight excluding hydrogens is 602 g/mol. The van der Waals surface area contributed by atoms with Crippen LogP contribution < -0.4 is 38.5 Å². The Morgan fingerprint density at radius 1 is 0.681 bits per heavy atom. The van der Waals surface area contributed by atoms with E-state index in [2.05, 4.69) is 26.0 Å². The summed E-state index contributed by atoms with van der Waals surface area (Å²) < 4.78 is 4.60. The number of hydrogen-bond donors (Lipinski definition) is 7. The molecule has 13 heteroatoms. The molecule has 0 aliphatic rings. The van der Waals surface area contributed by atoms with E-state index in [1.165, 1.54) is 7.11 Å². The molecule has 0 saturated heterocycles. The summed E-state index contributed by atoms with van der Waals surface area (Å²) in [6.45, 7) is 4.02. The summed E-state index contributed by atoms with van der Waals surface area (Å²) in [5.74, 6) is -2.87. The molecular formula is C34H51N7O6. The SMILES string of the molecule is COC(=O)[C@@H](N)CNC(=O)[C@@H](CCCCN)NC(=O)[C@@H](CC(C)C)NC(=O)[C@@H](Cc1ccccc1)NC(=O)[C@H](N)Cc1ccccc1. The highest BCUT2D eigenvalue weighted by atomic mass is 16.5. The molecule has 2 aromatic carbocycles. The number of hydrogen-bond acceptors (Lipinski definition) is 9. The van der Waals surface area contributed by atoms with Gasteiger partial charge in [0.15, 0.2) is 0 Å². The Kier molecular flexibility index (Phi) is 17.1. The number of rotatable bonds is 20. The van der Waals surface area contributed by atoms with Crippen molar-refractivity contribution in [3.63, 3.8) is 0 Å². The van der Waals surface area contributed by atoms with Crippen LogP contribution in [0.2, 0.25) is 0 Å². The molecule has 0 bridgehead atoms. The van der Waals surface area contributed by atoms with Crippen LogP contribution in [0.1, 0.15) is 50.7 Å². The van der Waals surface area contributed by atoms with Gasteiger partial charge in [-0.2, -0.15) is 0 Å². The molecule has 47 heavy (non-hydrogen) atoms. The largest absolute Gasteiger partial charge is 0.468 e. The first-order valence-electron chi connectivity index (χ1n) is 16.0. The van der Waals surface area contributed by atoms with Crippen LogP contribution in [0.25, 0.3) is 0 Å². The third-order valence-corrected chi connectivity index (χ3v) is 7.47. The maximum Gasteiger partial charge on any atom is 0.324 e. The van der Waals surface area contributed by atoms with Gasteiger partial charge in [0.2, 0.25) is 23.6 Å². The lowest BCUT2D eigenvalue weighted by Gasteiger charge is -2.27. The van der Waals surface area contributed by atoms with Gasteiger partial charge in [-0.3, -0.25) is 24.0 Å². The Morgan fingerprint density at radius 3 is 1.77 bits per heavy atom. The predicted molar refractivity (Wildman–Crippen MR) is 179 cm³/mol. The first kappa shape index (κ1) is 38.9. The molecule has 4 amide bonds.